The molecule has 0 aromatic heterocycles. The Morgan fingerprint density at radius 1 is 1.08 bits per heavy atom. The number of methoxy groups -OCH3 is 1. The minimum absolute atomic E-state index is 0.572. The van der Waals surface area contributed by atoms with E-state index in [1.54, 1.807) is 0 Å². The van der Waals surface area contributed by atoms with Gasteiger partial charge < -0.3 is 4.74 Å². The maximum atomic E-state index is 5.28. The van der Waals surface area contributed by atoms with Gasteiger partial charge in [-0.25, -0.2) is 0 Å². The highest BCUT2D eigenvalue weighted by atomic mass is 16.5. The molecule has 1 fully saturated rings. The molecule has 0 aliphatic heterocycles. The molecule has 0 heterocycles. The second-order valence-corrected chi connectivity index (χ2v) is 3.29. The molecule has 1 heteroatoms. The number of hydrogen-bond acceptors (Lipinski definition) is 1. The fraction of sp³-hybridized carbons (Fsp3) is 1.00. The smallest absolute Gasteiger partial charge is 0.0571 e. The van der Waals surface area contributed by atoms with Gasteiger partial charge in [0.2, 0.25) is 0 Å². The fourth-order valence-electron chi connectivity index (χ4n) is 1.78. The van der Waals surface area contributed by atoms with Crippen molar-refractivity contribution >= 4 is 0 Å². The van der Waals surface area contributed by atoms with Crippen molar-refractivity contribution in [1.29, 1.82) is 0 Å². The molecule has 12 heavy (non-hydrogen) atoms. The lowest BCUT2D eigenvalue weighted by molar-refractivity contribution is 0.0563. The molecule has 0 aromatic rings. The zero-order valence-electron chi connectivity index (χ0n) is 9.10. The van der Waals surface area contributed by atoms with Crippen molar-refractivity contribution in [2.75, 3.05) is 7.11 Å². The summed E-state index contributed by atoms with van der Waals surface area (Å²) in [5.74, 6) is 0.992. The molecule has 0 radical (unpaired) electrons. The van der Waals surface area contributed by atoms with E-state index in [9.17, 15) is 0 Å². The summed E-state index contributed by atoms with van der Waals surface area (Å²) in [5.41, 5.74) is 0. The quantitative estimate of drug-likeness (QED) is 0.618. The topological polar surface area (TPSA) is 9.23 Å². The average molecular weight is 172 g/mol. The lowest BCUT2D eigenvalue weighted by atomic mass is 9.86. The first-order valence-electron chi connectivity index (χ1n) is 5.39. The first kappa shape index (κ1) is 12.0. The van der Waals surface area contributed by atoms with Crippen LogP contribution in [0.2, 0.25) is 0 Å². The van der Waals surface area contributed by atoms with Gasteiger partial charge in [-0.3, -0.25) is 0 Å². The van der Waals surface area contributed by atoms with E-state index in [1.807, 2.05) is 21.0 Å². The summed E-state index contributed by atoms with van der Waals surface area (Å²) in [5, 5.41) is 0. The summed E-state index contributed by atoms with van der Waals surface area (Å²) in [6, 6.07) is 0. The Kier molecular flexibility index (Phi) is 7.58. The van der Waals surface area contributed by atoms with Gasteiger partial charge in [-0.15, -0.1) is 0 Å². The van der Waals surface area contributed by atoms with Crippen LogP contribution in [-0.2, 0) is 4.74 Å². The van der Waals surface area contributed by atoms with E-state index in [0.29, 0.717) is 6.10 Å². The molecule has 0 atom stereocenters. The Morgan fingerprint density at radius 3 is 1.92 bits per heavy atom. The summed E-state index contributed by atoms with van der Waals surface area (Å²) in [7, 11) is 1.83. The van der Waals surface area contributed by atoms with Crippen molar-refractivity contribution in [2.45, 2.75) is 59.0 Å². The lowest BCUT2D eigenvalue weighted by Gasteiger charge is -2.26. The lowest BCUT2D eigenvalue weighted by Crippen LogP contribution is -2.19. The predicted molar refractivity (Wildman–Crippen MR) is 54.4 cm³/mol. The van der Waals surface area contributed by atoms with Crippen molar-refractivity contribution in [3.8, 4) is 0 Å². The summed E-state index contributed by atoms with van der Waals surface area (Å²) in [6.07, 6.45) is 7.27. The Bertz CT molecular complexity index is 71.0. The van der Waals surface area contributed by atoms with Gasteiger partial charge in [-0.05, 0) is 31.6 Å². The molecule has 0 unspecified atom stereocenters. The minimum Gasteiger partial charge on any atom is -0.381 e. The highest BCUT2D eigenvalue weighted by Gasteiger charge is 2.18. The molecular formula is C11H24O. The van der Waals surface area contributed by atoms with Crippen LogP contribution in [0.5, 0.6) is 0 Å². The molecular weight excluding hydrogens is 148 g/mol. The first-order valence-corrected chi connectivity index (χ1v) is 5.39. The number of rotatable bonds is 2. The Balaban J connectivity index is 0.000000561. The predicted octanol–water partition coefficient (Wildman–Crippen LogP) is 3.63. The largest absolute Gasteiger partial charge is 0.381 e. The van der Waals surface area contributed by atoms with Crippen LogP contribution in [0.15, 0.2) is 0 Å². The summed E-state index contributed by atoms with van der Waals surface area (Å²) in [6.45, 7) is 6.29. The normalized spacial score (nSPS) is 29.0. The van der Waals surface area contributed by atoms with Gasteiger partial charge in [0.25, 0.3) is 0 Å². The highest BCUT2D eigenvalue weighted by molar-refractivity contribution is 4.71. The number of ether oxygens (including phenoxy) is 1. The van der Waals surface area contributed by atoms with Crippen LogP contribution in [-0.4, -0.2) is 13.2 Å². The summed E-state index contributed by atoms with van der Waals surface area (Å²) < 4.78 is 5.28. The van der Waals surface area contributed by atoms with Gasteiger partial charge >= 0.3 is 0 Å². The molecule has 1 aliphatic rings. The Labute approximate surface area is 77.5 Å². The second-order valence-electron chi connectivity index (χ2n) is 3.29. The zero-order chi connectivity index (χ0) is 9.40. The third kappa shape index (κ3) is 4.10. The van der Waals surface area contributed by atoms with Gasteiger partial charge in [0, 0.05) is 7.11 Å². The molecule has 0 saturated heterocycles. The average Bonchev–Trinajstić information content (AvgIpc) is 2.21. The SMILES string of the molecule is CC.CCC1CCC(OC)CC1. The standard InChI is InChI=1S/C9H18O.C2H6/c1-3-8-4-6-9(10-2)7-5-8;1-2/h8-9H,3-7H2,1-2H3;1-2H3. The molecule has 0 spiro atoms. The van der Waals surface area contributed by atoms with Gasteiger partial charge in [-0.2, -0.15) is 0 Å². The van der Waals surface area contributed by atoms with Gasteiger partial charge in [-0.1, -0.05) is 27.2 Å². The van der Waals surface area contributed by atoms with Crippen molar-refractivity contribution in [1.82, 2.24) is 0 Å². The van der Waals surface area contributed by atoms with E-state index in [2.05, 4.69) is 6.92 Å². The third-order valence-corrected chi connectivity index (χ3v) is 2.70. The summed E-state index contributed by atoms with van der Waals surface area (Å²) >= 11 is 0. The Morgan fingerprint density at radius 2 is 1.58 bits per heavy atom. The van der Waals surface area contributed by atoms with E-state index in [4.69, 9.17) is 4.74 Å². The molecule has 0 aromatic carbocycles. The molecule has 1 rings (SSSR count). The number of hydrogen-bond donors (Lipinski definition) is 0. The molecule has 0 amide bonds. The Hall–Kier alpha value is -0.0400. The van der Waals surface area contributed by atoms with Crippen LogP contribution >= 0.6 is 0 Å². The van der Waals surface area contributed by atoms with Crippen LogP contribution < -0.4 is 0 Å². The van der Waals surface area contributed by atoms with Crippen molar-refractivity contribution in [3.63, 3.8) is 0 Å². The first-order chi connectivity index (χ1) is 5.86. The van der Waals surface area contributed by atoms with Crippen LogP contribution in [0.25, 0.3) is 0 Å². The van der Waals surface area contributed by atoms with Gasteiger partial charge in [0.15, 0.2) is 0 Å². The monoisotopic (exact) mass is 172 g/mol. The molecule has 1 nitrogen and oxygen atoms in total. The minimum atomic E-state index is 0.572. The van der Waals surface area contributed by atoms with Crippen LogP contribution in [0, 0.1) is 5.92 Å². The van der Waals surface area contributed by atoms with Crippen LogP contribution in [0.1, 0.15) is 52.9 Å². The van der Waals surface area contributed by atoms with E-state index >= 15 is 0 Å². The van der Waals surface area contributed by atoms with E-state index in [0.717, 1.165) is 5.92 Å². The molecule has 0 N–H and O–H groups in total. The van der Waals surface area contributed by atoms with E-state index < -0.39 is 0 Å². The van der Waals surface area contributed by atoms with Crippen LogP contribution in [0.4, 0.5) is 0 Å². The van der Waals surface area contributed by atoms with Gasteiger partial charge in [0.1, 0.15) is 0 Å². The second kappa shape index (κ2) is 7.60. The maximum Gasteiger partial charge on any atom is 0.0571 e. The van der Waals surface area contributed by atoms with Crippen molar-refractivity contribution in [2.24, 2.45) is 5.92 Å². The molecule has 74 valence electrons. The van der Waals surface area contributed by atoms with E-state index in [-0.39, 0.29) is 0 Å². The van der Waals surface area contributed by atoms with Crippen LogP contribution in [0.3, 0.4) is 0 Å². The van der Waals surface area contributed by atoms with Crippen molar-refractivity contribution in [3.05, 3.63) is 0 Å². The molecule has 0 bridgehead atoms. The summed E-state index contributed by atoms with van der Waals surface area (Å²) in [4.78, 5) is 0. The van der Waals surface area contributed by atoms with Gasteiger partial charge in [0.05, 0.1) is 6.10 Å². The molecule has 1 aliphatic carbocycles. The highest BCUT2D eigenvalue weighted by Crippen LogP contribution is 2.27. The zero-order valence-corrected chi connectivity index (χ0v) is 9.10. The van der Waals surface area contributed by atoms with Crippen molar-refractivity contribution < 1.29 is 4.74 Å². The van der Waals surface area contributed by atoms with E-state index in [1.165, 1.54) is 32.1 Å². The fourth-order valence-corrected chi connectivity index (χ4v) is 1.78. The molecule has 1 saturated carbocycles. The third-order valence-electron chi connectivity index (χ3n) is 2.70. The maximum absolute atomic E-state index is 5.28.